The highest BCUT2D eigenvalue weighted by Gasteiger charge is 2.12. The Hall–Kier alpha value is -4.30. The summed E-state index contributed by atoms with van der Waals surface area (Å²) < 4.78 is 12.2. The topological polar surface area (TPSA) is 26.3 Å². The van der Waals surface area contributed by atoms with Crippen LogP contribution < -0.4 is 0 Å². The fourth-order valence-corrected chi connectivity index (χ4v) is 4.84. The molecule has 0 aliphatic heterocycles. The molecule has 0 atom stereocenters. The number of benzene rings is 5. The second kappa shape index (κ2) is 6.85. The summed E-state index contributed by atoms with van der Waals surface area (Å²) in [6, 6.07) is 36.1. The second-order valence-corrected chi connectivity index (χ2v) is 8.70. The molecule has 0 radical (unpaired) electrons. The van der Waals surface area contributed by atoms with E-state index in [1.54, 1.807) is 0 Å². The van der Waals surface area contributed by atoms with E-state index in [9.17, 15) is 0 Å². The van der Waals surface area contributed by atoms with Crippen molar-refractivity contribution in [1.82, 2.24) is 0 Å². The zero-order valence-electron chi connectivity index (χ0n) is 18.1. The smallest absolute Gasteiger partial charge is 0.135 e. The fraction of sp³-hybridized carbons (Fsp3) is 0.0323. The van der Waals surface area contributed by atoms with Gasteiger partial charge in [0.15, 0.2) is 0 Å². The van der Waals surface area contributed by atoms with E-state index in [1.807, 2.05) is 6.07 Å². The van der Waals surface area contributed by atoms with E-state index in [0.29, 0.717) is 0 Å². The van der Waals surface area contributed by atoms with Crippen molar-refractivity contribution in [3.8, 4) is 22.3 Å². The van der Waals surface area contributed by atoms with Crippen LogP contribution in [0.5, 0.6) is 0 Å². The van der Waals surface area contributed by atoms with Crippen LogP contribution in [0.25, 0.3) is 66.1 Å². The minimum absolute atomic E-state index is 0.907. The quantitative estimate of drug-likeness (QED) is 0.276. The van der Waals surface area contributed by atoms with E-state index in [2.05, 4.69) is 104 Å². The third-order valence-corrected chi connectivity index (χ3v) is 6.53. The van der Waals surface area contributed by atoms with E-state index in [0.717, 1.165) is 43.9 Å². The number of aryl methyl sites for hydroxylation is 1. The standard InChI is InChI=1S/C31H20O2/c1-19-7-11-28-24(15-19)25-17-22(9-13-29(25)32-28)23-10-14-31-27(18-23)26-16-21(8-12-30(26)33-31)20-5-3-2-4-6-20/h2-18H,1H3. The van der Waals surface area contributed by atoms with E-state index in [4.69, 9.17) is 8.83 Å². The molecule has 7 rings (SSSR count). The van der Waals surface area contributed by atoms with E-state index in [1.165, 1.54) is 27.8 Å². The molecule has 0 saturated heterocycles. The Morgan fingerprint density at radius 3 is 1.33 bits per heavy atom. The Balaban J connectivity index is 1.42. The lowest BCUT2D eigenvalue weighted by Gasteiger charge is -2.03. The predicted octanol–water partition coefficient (Wildman–Crippen LogP) is 9.13. The molecular formula is C31H20O2. The summed E-state index contributed by atoms with van der Waals surface area (Å²) in [6.07, 6.45) is 0. The molecule has 0 aliphatic carbocycles. The highest BCUT2D eigenvalue weighted by molar-refractivity contribution is 6.09. The van der Waals surface area contributed by atoms with Gasteiger partial charge in [-0.1, -0.05) is 60.2 Å². The van der Waals surface area contributed by atoms with Crippen LogP contribution in [-0.2, 0) is 0 Å². The number of fused-ring (bicyclic) bond motifs is 6. The zero-order valence-corrected chi connectivity index (χ0v) is 18.1. The van der Waals surface area contributed by atoms with Crippen LogP contribution in [0.15, 0.2) is 112 Å². The van der Waals surface area contributed by atoms with E-state index < -0.39 is 0 Å². The van der Waals surface area contributed by atoms with Crippen LogP contribution in [-0.4, -0.2) is 0 Å². The van der Waals surface area contributed by atoms with Crippen LogP contribution in [0.3, 0.4) is 0 Å². The van der Waals surface area contributed by atoms with Crippen molar-refractivity contribution in [2.75, 3.05) is 0 Å². The average molecular weight is 424 g/mol. The van der Waals surface area contributed by atoms with Crippen LogP contribution in [0, 0.1) is 6.92 Å². The largest absolute Gasteiger partial charge is 0.456 e. The Morgan fingerprint density at radius 1 is 0.394 bits per heavy atom. The van der Waals surface area contributed by atoms with Crippen molar-refractivity contribution in [3.63, 3.8) is 0 Å². The highest BCUT2D eigenvalue weighted by Crippen LogP contribution is 2.37. The van der Waals surface area contributed by atoms with E-state index in [-0.39, 0.29) is 0 Å². The molecule has 0 amide bonds. The maximum atomic E-state index is 6.15. The fourth-order valence-electron chi connectivity index (χ4n) is 4.84. The Bertz CT molecular complexity index is 1820. The monoisotopic (exact) mass is 424 g/mol. The van der Waals surface area contributed by atoms with Crippen LogP contribution in [0.4, 0.5) is 0 Å². The Kier molecular flexibility index (Phi) is 3.80. The van der Waals surface area contributed by atoms with Crippen molar-refractivity contribution in [2.24, 2.45) is 0 Å². The van der Waals surface area contributed by atoms with Crippen LogP contribution in [0.1, 0.15) is 5.56 Å². The number of rotatable bonds is 2. The molecular weight excluding hydrogens is 404 g/mol. The van der Waals surface area contributed by atoms with Gasteiger partial charge in [0, 0.05) is 21.5 Å². The molecule has 2 heteroatoms. The first kappa shape index (κ1) is 18.3. The van der Waals surface area contributed by atoms with Gasteiger partial charge in [-0.3, -0.25) is 0 Å². The Morgan fingerprint density at radius 2 is 0.818 bits per heavy atom. The number of furan rings is 2. The molecule has 2 aromatic heterocycles. The molecule has 0 spiro atoms. The molecule has 5 aromatic carbocycles. The molecule has 2 heterocycles. The summed E-state index contributed by atoms with van der Waals surface area (Å²) in [5, 5.41) is 4.58. The molecule has 0 unspecified atom stereocenters. The van der Waals surface area contributed by atoms with Gasteiger partial charge in [0.05, 0.1) is 0 Å². The predicted molar refractivity (Wildman–Crippen MR) is 137 cm³/mol. The maximum absolute atomic E-state index is 6.15. The highest BCUT2D eigenvalue weighted by atomic mass is 16.3. The van der Waals surface area contributed by atoms with Gasteiger partial charge in [0.1, 0.15) is 22.3 Å². The molecule has 0 bridgehead atoms. The first-order chi connectivity index (χ1) is 16.2. The third-order valence-electron chi connectivity index (χ3n) is 6.53. The third kappa shape index (κ3) is 2.88. The zero-order chi connectivity index (χ0) is 21.9. The molecule has 156 valence electrons. The van der Waals surface area contributed by atoms with Gasteiger partial charge in [-0.05, 0) is 77.7 Å². The summed E-state index contributed by atoms with van der Waals surface area (Å²) in [6.45, 7) is 2.11. The molecule has 2 nitrogen and oxygen atoms in total. The SMILES string of the molecule is Cc1ccc2oc3ccc(-c4ccc5oc6ccc(-c7ccccc7)cc6c5c4)cc3c2c1. The van der Waals surface area contributed by atoms with Gasteiger partial charge in [0.25, 0.3) is 0 Å². The van der Waals surface area contributed by atoms with Gasteiger partial charge in [0.2, 0.25) is 0 Å². The van der Waals surface area contributed by atoms with Gasteiger partial charge >= 0.3 is 0 Å². The van der Waals surface area contributed by atoms with Crippen LogP contribution >= 0.6 is 0 Å². The molecule has 33 heavy (non-hydrogen) atoms. The van der Waals surface area contributed by atoms with Crippen molar-refractivity contribution in [1.29, 1.82) is 0 Å². The average Bonchev–Trinajstić information content (AvgIpc) is 3.41. The van der Waals surface area contributed by atoms with Crippen molar-refractivity contribution < 1.29 is 8.83 Å². The van der Waals surface area contributed by atoms with E-state index >= 15 is 0 Å². The van der Waals surface area contributed by atoms with Crippen molar-refractivity contribution in [2.45, 2.75) is 6.92 Å². The minimum atomic E-state index is 0.907. The summed E-state index contributed by atoms with van der Waals surface area (Å²) >= 11 is 0. The van der Waals surface area contributed by atoms with Gasteiger partial charge < -0.3 is 8.83 Å². The number of hydrogen-bond donors (Lipinski definition) is 0. The summed E-state index contributed by atoms with van der Waals surface area (Å²) in [7, 11) is 0. The summed E-state index contributed by atoms with van der Waals surface area (Å²) in [5.74, 6) is 0. The normalized spacial score (nSPS) is 11.8. The van der Waals surface area contributed by atoms with Gasteiger partial charge in [-0.25, -0.2) is 0 Å². The molecule has 7 aromatic rings. The van der Waals surface area contributed by atoms with Gasteiger partial charge in [-0.15, -0.1) is 0 Å². The van der Waals surface area contributed by atoms with Crippen molar-refractivity contribution in [3.05, 3.63) is 109 Å². The van der Waals surface area contributed by atoms with Crippen LogP contribution in [0.2, 0.25) is 0 Å². The molecule has 0 saturated carbocycles. The lowest BCUT2D eigenvalue weighted by molar-refractivity contribution is 0.668. The number of hydrogen-bond acceptors (Lipinski definition) is 2. The molecule has 0 N–H and O–H groups in total. The summed E-state index contributed by atoms with van der Waals surface area (Å²) in [5.41, 5.74) is 9.63. The molecule has 0 fully saturated rings. The summed E-state index contributed by atoms with van der Waals surface area (Å²) in [4.78, 5) is 0. The second-order valence-electron chi connectivity index (χ2n) is 8.70. The van der Waals surface area contributed by atoms with Crippen molar-refractivity contribution >= 4 is 43.9 Å². The van der Waals surface area contributed by atoms with Gasteiger partial charge in [-0.2, -0.15) is 0 Å². The lowest BCUT2D eigenvalue weighted by Crippen LogP contribution is -1.79. The Labute approximate surface area is 190 Å². The maximum Gasteiger partial charge on any atom is 0.135 e. The molecule has 0 aliphatic rings. The lowest BCUT2D eigenvalue weighted by atomic mass is 9.99. The first-order valence-electron chi connectivity index (χ1n) is 11.2. The minimum Gasteiger partial charge on any atom is -0.456 e. The first-order valence-corrected chi connectivity index (χ1v) is 11.2.